The zero-order valence-electron chi connectivity index (χ0n) is 24.0. The number of rotatable bonds is 5. The summed E-state index contributed by atoms with van der Waals surface area (Å²) in [7, 11) is 3.27. The Labute approximate surface area is 237 Å². The number of nitrogens with one attached hydrogen (secondary N) is 2. The lowest BCUT2D eigenvalue weighted by Crippen LogP contribution is -2.44. The van der Waals surface area contributed by atoms with E-state index >= 15 is 0 Å². The van der Waals surface area contributed by atoms with Crippen LogP contribution >= 0.6 is 0 Å². The van der Waals surface area contributed by atoms with Crippen LogP contribution in [0.2, 0.25) is 0 Å². The Morgan fingerprint density at radius 3 is 2.52 bits per heavy atom. The first-order valence-corrected chi connectivity index (χ1v) is 15.0. The van der Waals surface area contributed by atoms with Crippen molar-refractivity contribution in [3.05, 3.63) is 40.8 Å². The molecule has 2 atom stereocenters. The van der Waals surface area contributed by atoms with Crippen LogP contribution in [0.3, 0.4) is 0 Å². The summed E-state index contributed by atoms with van der Waals surface area (Å²) in [6, 6.07) is 6.41. The molecule has 9 nitrogen and oxygen atoms in total. The van der Waals surface area contributed by atoms with Crippen molar-refractivity contribution >= 4 is 11.8 Å². The van der Waals surface area contributed by atoms with Gasteiger partial charge in [-0.05, 0) is 62.1 Å². The SMILES string of the molecule is COc1cc2cc(c1OC)CCCNC(=O)C[C@@H]1CC[C@H](CNC(=O)CC2)N1Cc1cc(C2CCCCC2)no1. The maximum absolute atomic E-state index is 13.0. The second-order valence-electron chi connectivity index (χ2n) is 11.6. The van der Waals surface area contributed by atoms with Gasteiger partial charge in [-0.3, -0.25) is 14.5 Å². The van der Waals surface area contributed by atoms with Gasteiger partial charge in [-0.2, -0.15) is 0 Å². The fourth-order valence-electron chi connectivity index (χ4n) is 6.69. The smallest absolute Gasteiger partial charge is 0.221 e. The number of benzene rings is 1. The van der Waals surface area contributed by atoms with E-state index in [9.17, 15) is 9.59 Å². The third-order valence-corrected chi connectivity index (χ3v) is 8.87. The topological polar surface area (TPSA) is 106 Å². The molecule has 3 aliphatic rings. The highest BCUT2D eigenvalue weighted by Crippen LogP contribution is 2.35. The van der Waals surface area contributed by atoms with E-state index in [-0.39, 0.29) is 23.9 Å². The fraction of sp³-hybridized carbons (Fsp3) is 0.645. The second-order valence-corrected chi connectivity index (χ2v) is 11.6. The Bertz CT molecular complexity index is 1160. The summed E-state index contributed by atoms with van der Waals surface area (Å²) in [6.07, 6.45) is 11.0. The van der Waals surface area contributed by atoms with Gasteiger partial charge in [0.15, 0.2) is 17.3 Å². The molecule has 2 aromatic rings. The van der Waals surface area contributed by atoms with Crippen LogP contribution < -0.4 is 20.1 Å². The van der Waals surface area contributed by atoms with Gasteiger partial charge in [-0.1, -0.05) is 30.5 Å². The molecule has 1 aromatic carbocycles. The summed E-state index contributed by atoms with van der Waals surface area (Å²) >= 11 is 0. The highest BCUT2D eigenvalue weighted by molar-refractivity contribution is 5.77. The number of aromatic nitrogens is 1. The van der Waals surface area contributed by atoms with Gasteiger partial charge in [0.25, 0.3) is 0 Å². The quantitative estimate of drug-likeness (QED) is 0.571. The minimum atomic E-state index is 0.0287. The maximum Gasteiger partial charge on any atom is 0.221 e. The Kier molecular flexibility index (Phi) is 9.62. The molecule has 40 heavy (non-hydrogen) atoms. The van der Waals surface area contributed by atoms with Crippen molar-refractivity contribution < 1.29 is 23.6 Å². The Morgan fingerprint density at radius 1 is 0.900 bits per heavy atom. The average molecular weight is 553 g/mol. The van der Waals surface area contributed by atoms with Gasteiger partial charge in [-0.25, -0.2) is 0 Å². The Morgan fingerprint density at radius 2 is 1.73 bits per heavy atom. The van der Waals surface area contributed by atoms with Crippen molar-refractivity contribution in [3.63, 3.8) is 0 Å². The minimum Gasteiger partial charge on any atom is -0.493 e. The Hall–Kier alpha value is -3.07. The molecule has 2 aliphatic heterocycles. The predicted octanol–water partition coefficient (Wildman–Crippen LogP) is 4.27. The zero-order valence-corrected chi connectivity index (χ0v) is 24.0. The van der Waals surface area contributed by atoms with Crippen LogP contribution in [0, 0.1) is 0 Å². The number of carbonyl (C=O) groups excluding carboxylic acids is 2. The standard InChI is InChI=1S/C31H44N4O5/c1-38-28-16-21-10-13-29(36)33-19-25-12-11-24(17-30(37)32-14-6-9-23(15-21)31(28)39-2)35(25)20-26-18-27(34-40-26)22-7-4-3-5-8-22/h15-16,18,22,24-25H,3-14,17,19-20H2,1-2H3,(H,32,37)(H,33,36)/t24-,25+/m0/s1. The molecule has 2 amide bonds. The van der Waals surface area contributed by atoms with E-state index in [0.717, 1.165) is 48.3 Å². The number of nitrogens with zero attached hydrogens (tertiary/aromatic N) is 2. The number of hydrogen-bond donors (Lipinski definition) is 2. The lowest BCUT2D eigenvalue weighted by Gasteiger charge is -2.29. The number of methoxy groups -OCH3 is 2. The van der Waals surface area contributed by atoms with E-state index in [1.165, 1.54) is 32.1 Å². The molecule has 0 spiro atoms. The van der Waals surface area contributed by atoms with Crippen LogP contribution in [0.5, 0.6) is 11.5 Å². The van der Waals surface area contributed by atoms with Crippen molar-refractivity contribution in [3.8, 4) is 11.5 Å². The summed E-state index contributed by atoms with van der Waals surface area (Å²) in [5, 5.41) is 10.7. The molecule has 9 heteroatoms. The van der Waals surface area contributed by atoms with Gasteiger partial charge in [0.1, 0.15) is 0 Å². The first kappa shape index (κ1) is 28.5. The van der Waals surface area contributed by atoms with E-state index in [1.807, 2.05) is 6.07 Å². The van der Waals surface area contributed by atoms with Crippen molar-refractivity contribution in [2.45, 2.75) is 102 Å². The van der Waals surface area contributed by atoms with Crippen LogP contribution in [0.1, 0.15) is 92.7 Å². The van der Waals surface area contributed by atoms with Crippen LogP contribution in [0.25, 0.3) is 0 Å². The molecule has 2 N–H and O–H groups in total. The van der Waals surface area contributed by atoms with Crippen molar-refractivity contribution in [2.24, 2.45) is 0 Å². The van der Waals surface area contributed by atoms with Crippen molar-refractivity contribution in [1.29, 1.82) is 0 Å². The van der Waals surface area contributed by atoms with Crippen LogP contribution in [-0.2, 0) is 29.0 Å². The summed E-state index contributed by atoms with van der Waals surface area (Å²) in [5.74, 6) is 2.81. The molecule has 2 fully saturated rings. The monoisotopic (exact) mass is 552 g/mol. The van der Waals surface area contributed by atoms with Gasteiger partial charge in [0.2, 0.25) is 11.8 Å². The number of aryl methyl sites for hydroxylation is 2. The van der Waals surface area contributed by atoms with Crippen LogP contribution in [-0.4, -0.2) is 61.3 Å². The van der Waals surface area contributed by atoms with Gasteiger partial charge in [0.05, 0.1) is 26.5 Å². The third kappa shape index (κ3) is 6.97. The number of hydrogen-bond acceptors (Lipinski definition) is 7. The lowest BCUT2D eigenvalue weighted by molar-refractivity contribution is -0.123. The summed E-state index contributed by atoms with van der Waals surface area (Å²) in [4.78, 5) is 28.2. The maximum atomic E-state index is 13.0. The second kappa shape index (κ2) is 13.5. The Balaban J connectivity index is 1.29. The highest BCUT2D eigenvalue weighted by atomic mass is 16.5. The molecule has 1 saturated carbocycles. The van der Waals surface area contributed by atoms with Crippen LogP contribution in [0.15, 0.2) is 22.7 Å². The molecule has 1 saturated heterocycles. The van der Waals surface area contributed by atoms with E-state index in [2.05, 4.69) is 32.8 Å². The summed E-state index contributed by atoms with van der Waals surface area (Å²) in [5.41, 5.74) is 3.13. The normalized spacial score (nSPS) is 23.8. The van der Waals surface area contributed by atoms with E-state index in [4.69, 9.17) is 14.0 Å². The molecule has 3 heterocycles. The third-order valence-electron chi connectivity index (χ3n) is 8.87. The van der Waals surface area contributed by atoms with Crippen molar-refractivity contribution in [2.75, 3.05) is 27.3 Å². The minimum absolute atomic E-state index is 0.0287. The van der Waals surface area contributed by atoms with Gasteiger partial charge in [-0.15, -0.1) is 0 Å². The molecule has 0 unspecified atom stereocenters. The van der Waals surface area contributed by atoms with Crippen LogP contribution in [0.4, 0.5) is 0 Å². The van der Waals surface area contributed by atoms with E-state index < -0.39 is 0 Å². The molecular weight excluding hydrogens is 508 g/mol. The van der Waals surface area contributed by atoms with E-state index in [0.29, 0.717) is 56.3 Å². The van der Waals surface area contributed by atoms with Gasteiger partial charge in [0, 0.05) is 50.0 Å². The molecule has 0 radical (unpaired) electrons. The van der Waals surface area contributed by atoms with Gasteiger partial charge >= 0.3 is 0 Å². The summed E-state index contributed by atoms with van der Waals surface area (Å²) in [6.45, 7) is 1.75. The van der Waals surface area contributed by atoms with E-state index in [1.54, 1.807) is 14.2 Å². The molecule has 1 aliphatic carbocycles. The predicted molar refractivity (Wildman–Crippen MR) is 152 cm³/mol. The average Bonchev–Trinajstić information content (AvgIpc) is 3.60. The number of ether oxygens (including phenoxy) is 2. The zero-order chi connectivity index (χ0) is 27.9. The molecule has 218 valence electrons. The highest BCUT2D eigenvalue weighted by Gasteiger charge is 2.35. The molecule has 5 rings (SSSR count). The number of amides is 2. The van der Waals surface area contributed by atoms with Crippen molar-refractivity contribution in [1.82, 2.24) is 20.7 Å². The molecular formula is C31H44N4O5. The first-order valence-electron chi connectivity index (χ1n) is 15.0. The first-order chi connectivity index (χ1) is 19.5. The number of fused-ring (bicyclic) bond motifs is 4. The molecule has 1 aromatic heterocycles. The lowest BCUT2D eigenvalue weighted by atomic mass is 9.87. The summed E-state index contributed by atoms with van der Waals surface area (Å²) < 4.78 is 17.0. The number of carbonyl (C=O) groups is 2. The largest absolute Gasteiger partial charge is 0.493 e. The van der Waals surface area contributed by atoms with Gasteiger partial charge < -0.3 is 24.6 Å². The fourth-order valence-corrected chi connectivity index (χ4v) is 6.69. The molecule has 4 bridgehead atoms.